The van der Waals surface area contributed by atoms with Crippen LogP contribution in [-0.2, 0) is 4.74 Å². The highest BCUT2D eigenvalue weighted by atomic mass is 16.6. The van der Waals surface area contributed by atoms with Gasteiger partial charge in [0, 0.05) is 6.54 Å². The van der Waals surface area contributed by atoms with E-state index in [9.17, 15) is 4.79 Å². The van der Waals surface area contributed by atoms with Crippen LogP contribution in [0, 0.1) is 0 Å². The molecule has 1 atom stereocenters. The van der Waals surface area contributed by atoms with Gasteiger partial charge in [-0.05, 0) is 45.0 Å². The summed E-state index contributed by atoms with van der Waals surface area (Å²) in [6.45, 7) is 4.92. The van der Waals surface area contributed by atoms with Gasteiger partial charge in [-0.2, -0.15) is 0 Å². The van der Waals surface area contributed by atoms with Crippen molar-refractivity contribution in [2.75, 3.05) is 32.1 Å². The minimum atomic E-state index is -0.441. The Balaban J connectivity index is 1.80. The maximum atomic E-state index is 11.9. The lowest BCUT2D eigenvalue weighted by Gasteiger charge is -2.28. The van der Waals surface area contributed by atoms with E-state index < -0.39 is 6.09 Å². The summed E-state index contributed by atoms with van der Waals surface area (Å²) in [4.78, 5) is 14.3. The van der Waals surface area contributed by atoms with Crippen molar-refractivity contribution in [2.45, 2.75) is 32.3 Å². The first-order valence-electron chi connectivity index (χ1n) is 7.52. The fraction of sp³-hybridized carbons (Fsp3) is 0.562. The molecule has 2 rings (SSSR count). The van der Waals surface area contributed by atoms with Crippen LogP contribution in [-0.4, -0.2) is 43.8 Å². The Labute approximate surface area is 126 Å². The number of rotatable bonds is 5. The molecule has 5 nitrogen and oxygen atoms in total. The minimum Gasteiger partial charge on any atom is -0.495 e. The number of methoxy groups -OCH3 is 1. The highest BCUT2D eigenvalue weighted by Gasteiger charge is 2.17. The molecule has 1 amide bonds. The van der Waals surface area contributed by atoms with Crippen molar-refractivity contribution < 1.29 is 14.3 Å². The Hall–Kier alpha value is -1.75. The summed E-state index contributed by atoms with van der Waals surface area (Å²) in [6, 6.07) is 7.28. The quantitative estimate of drug-likeness (QED) is 0.906. The second-order valence-corrected chi connectivity index (χ2v) is 5.40. The highest BCUT2D eigenvalue weighted by molar-refractivity contribution is 5.86. The molecule has 1 aromatic carbocycles. The first-order valence-corrected chi connectivity index (χ1v) is 7.52. The van der Waals surface area contributed by atoms with Crippen molar-refractivity contribution in [3.8, 4) is 5.75 Å². The highest BCUT2D eigenvalue weighted by Crippen LogP contribution is 2.23. The van der Waals surface area contributed by atoms with E-state index in [0.29, 0.717) is 11.4 Å². The molecule has 0 bridgehead atoms. The van der Waals surface area contributed by atoms with E-state index in [-0.39, 0.29) is 6.10 Å². The average Bonchev–Trinajstić information content (AvgIpc) is 2.48. The Morgan fingerprint density at radius 1 is 1.29 bits per heavy atom. The lowest BCUT2D eigenvalue weighted by atomic mass is 10.1. The van der Waals surface area contributed by atoms with Crippen LogP contribution in [0.25, 0.3) is 0 Å². The fourth-order valence-corrected chi connectivity index (χ4v) is 2.61. The van der Waals surface area contributed by atoms with E-state index in [4.69, 9.17) is 9.47 Å². The molecule has 0 spiro atoms. The molecule has 21 heavy (non-hydrogen) atoms. The van der Waals surface area contributed by atoms with Crippen LogP contribution in [0.5, 0.6) is 5.75 Å². The van der Waals surface area contributed by atoms with Crippen LogP contribution in [0.1, 0.15) is 26.2 Å². The maximum Gasteiger partial charge on any atom is 0.412 e. The first kappa shape index (κ1) is 15.6. The molecule has 0 aromatic heterocycles. The van der Waals surface area contributed by atoms with Crippen molar-refractivity contribution in [1.29, 1.82) is 0 Å². The molecule has 0 unspecified atom stereocenters. The molecule has 1 saturated heterocycles. The lowest BCUT2D eigenvalue weighted by molar-refractivity contribution is 0.0833. The zero-order valence-corrected chi connectivity index (χ0v) is 12.8. The molecular formula is C16H24N2O3. The van der Waals surface area contributed by atoms with Crippen molar-refractivity contribution in [1.82, 2.24) is 4.90 Å². The molecule has 0 aliphatic carbocycles. The number of amides is 1. The maximum absolute atomic E-state index is 11.9. The predicted octanol–water partition coefficient (Wildman–Crippen LogP) is 3.12. The second kappa shape index (κ2) is 7.88. The second-order valence-electron chi connectivity index (χ2n) is 5.40. The number of likely N-dealkylation sites (tertiary alicyclic amines) is 1. The summed E-state index contributed by atoms with van der Waals surface area (Å²) in [5.74, 6) is 0.623. The number of hydrogen-bond acceptors (Lipinski definition) is 4. The number of ether oxygens (including phenoxy) is 2. The zero-order valence-electron chi connectivity index (χ0n) is 12.8. The number of hydrogen-bond donors (Lipinski definition) is 1. The van der Waals surface area contributed by atoms with Crippen LogP contribution in [0.2, 0.25) is 0 Å². The van der Waals surface area contributed by atoms with Crippen molar-refractivity contribution in [2.24, 2.45) is 0 Å². The molecule has 5 heteroatoms. The molecule has 1 heterocycles. The molecule has 1 fully saturated rings. The number of piperidine rings is 1. The normalized spacial score (nSPS) is 17.0. The molecule has 0 radical (unpaired) electrons. The van der Waals surface area contributed by atoms with Gasteiger partial charge in [0.1, 0.15) is 11.9 Å². The van der Waals surface area contributed by atoms with Crippen LogP contribution in [0.3, 0.4) is 0 Å². The summed E-state index contributed by atoms with van der Waals surface area (Å²) in [6.07, 6.45) is 3.21. The van der Waals surface area contributed by atoms with E-state index in [1.807, 2.05) is 19.1 Å². The van der Waals surface area contributed by atoms with E-state index in [0.717, 1.165) is 19.6 Å². The van der Waals surface area contributed by atoms with E-state index >= 15 is 0 Å². The molecule has 1 N–H and O–H groups in total. The summed E-state index contributed by atoms with van der Waals surface area (Å²) in [5.41, 5.74) is 0.621. The molecular weight excluding hydrogens is 268 g/mol. The summed E-state index contributed by atoms with van der Waals surface area (Å²) >= 11 is 0. The van der Waals surface area contributed by atoms with Gasteiger partial charge in [0.15, 0.2) is 0 Å². The van der Waals surface area contributed by atoms with Crippen molar-refractivity contribution >= 4 is 11.8 Å². The van der Waals surface area contributed by atoms with Gasteiger partial charge < -0.3 is 9.47 Å². The summed E-state index contributed by atoms with van der Waals surface area (Å²) in [7, 11) is 1.57. The smallest absolute Gasteiger partial charge is 0.412 e. The van der Waals surface area contributed by atoms with E-state index in [1.165, 1.54) is 19.3 Å². The number of anilines is 1. The monoisotopic (exact) mass is 292 g/mol. The van der Waals surface area contributed by atoms with Crippen molar-refractivity contribution in [3.63, 3.8) is 0 Å². The SMILES string of the molecule is COc1ccccc1NC(=O)O[C@@H](C)CN1CCCCC1. The van der Waals surface area contributed by atoms with Crippen LogP contribution in [0.4, 0.5) is 10.5 Å². The fourth-order valence-electron chi connectivity index (χ4n) is 2.61. The van der Waals surface area contributed by atoms with Gasteiger partial charge in [0.25, 0.3) is 0 Å². The van der Waals surface area contributed by atoms with Crippen LogP contribution in [0.15, 0.2) is 24.3 Å². The largest absolute Gasteiger partial charge is 0.495 e. The summed E-state index contributed by atoms with van der Waals surface area (Å²) < 4.78 is 10.6. The third-order valence-electron chi connectivity index (χ3n) is 3.62. The average molecular weight is 292 g/mol. The van der Waals surface area contributed by atoms with Gasteiger partial charge in [-0.3, -0.25) is 10.2 Å². The van der Waals surface area contributed by atoms with Gasteiger partial charge in [0.05, 0.1) is 12.8 Å². The topological polar surface area (TPSA) is 50.8 Å². The van der Waals surface area contributed by atoms with Crippen LogP contribution < -0.4 is 10.1 Å². The van der Waals surface area contributed by atoms with Crippen molar-refractivity contribution in [3.05, 3.63) is 24.3 Å². The molecule has 1 aromatic rings. The number of carbonyl (C=O) groups excluding carboxylic acids is 1. The molecule has 116 valence electrons. The third-order valence-corrected chi connectivity index (χ3v) is 3.62. The van der Waals surface area contributed by atoms with Gasteiger partial charge in [-0.15, -0.1) is 0 Å². The number of nitrogens with zero attached hydrogens (tertiary/aromatic N) is 1. The lowest BCUT2D eigenvalue weighted by Crippen LogP contribution is -2.37. The Morgan fingerprint density at radius 2 is 2.00 bits per heavy atom. The van der Waals surface area contributed by atoms with Gasteiger partial charge in [-0.25, -0.2) is 4.79 Å². The summed E-state index contributed by atoms with van der Waals surface area (Å²) in [5, 5.41) is 2.72. The number of carbonyl (C=O) groups is 1. The van der Waals surface area contributed by atoms with Gasteiger partial charge >= 0.3 is 6.09 Å². The Bertz CT molecular complexity index is 459. The Morgan fingerprint density at radius 3 is 2.71 bits per heavy atom. The molecule has 0 saturated carbocycles. The van der Waals surface area contributed by atoms with Gasteiger partial charge in [0.2, 0.25) is 0 Å². The Kier molecular flexibility index (Phi) is 5.87. The molecule has 1 aliphatic rings. The minimum absolute atomic E-state index is 0.127. The van der Waals surface area contributed by atoms with Crippen LogP contribution >= 0.6 is 0 Å². The van der Waals surface area contributed by atoms with E-state index in [1.54, 1.807) is 19.2 Å². The number of nitrogens with one attached hydrogen (secondary N) is 1. The van der Waals surface area contributed by atoms with Gasteiger partial charge in [-0.1, -0.05) is 18.6 Å². The number of para-hydroxylation sites is 2. The first-order chi connectivity index (χ1) is 10.2. The number of benzene rings is 1. The zero-order chi connectivity index (χ0) is 15.1. The standard InChI is InChI=1S/C16H24N2O3/c1-13(12-18-10-6-3-7-11-18)21-16(19)17-14-8-4-5-9-15(14)20-2/h4-5,8-9,13H,3,6-7,10-12H2,1-2H3,(H,17,19)/t13-/m0/s1. The van der Waals surface area contributed by atoms with E-state index in [2.05, 4.69) is 10.2 Å². The molecule has 1 aliphatic heterocycles. The predicted molar refractivity (Wildman–Crippen MR) is 82.9 cm³/mol. The third kappa shape index (κ3) is 4.93.